The van der Waals surface area contributed by atoms with Crippen LogP contribution in [0.2, 0.25) is 0 Å². The van der Waals surface area contributed by atoms with Crippen LogP contribution in [0.5, 0.6) is 0 Å². The standard InChI is InChI=1S/C12H13BrN2O3S/c1-3-15(7-4-8(16)14-11(7)17)12(18)10-9(13)6(2)5-19-10/h5,7H,3-4H2,1-2H3,(H,14,16,17)/t7-/m1/s1. The van der Waals surface area contributed by atoms with Gasteiger partial charge in [-0.05, 0) is 40.7 Å². The van der Waals surface area contributed by atoms with Crippen molar-refractivity contribution in [3.8, 4) is 0 Å². The lowest BCUT2D eigenvalue weighted by molar-refractivity contribution is -0.126. The largest absolute Gasteiger partial charge is 0.326 e. The highest BCUT2D eigenvalue weighted by Gasteiger charge is 2.38. The van der Waals surface area contributed by atoms with E-state index in [9.17, 15) is 14.4 Å². The predicted molar refractivity (Wildman–Crippen MR) is 75.0 cm³/mol. The normalized spacial score (nSPS) is 18.6. The van der Waals surface area contributed by atoms with Gasteiger partial charge in [-0.1, -0.05) is 0 Å². The monoisotopic (exact) mass is 344 g/mol. The fourth-order valence-electron chi connectivity index (χ4n) is 2.00. The van der Waals surface area contributed by atoms with E-state index in [1.165, 1.54) is 16.2 Å². The van der Waals surface area contributed by atoms with Gasteiger partial charge in [0.25, 0.3) is 5.91 Å². The Morgan fingerprint density at radius 2 is 2.26 bits per heavy atom. The molecule has 1 aliphatic heterocycles. The highest BCUT2D eigenvalue weighted by atomic mass is 79.9. The first-order chi connectivity index (χ1) is 8.95. The number of rotatable bonds is 3. The number of aryl methyl sites for hydroxylation is 1. The van der Waals surface area contributed by atoms with Crippen molar-refractivity contribution in [3.05, 3.63) is 20.3 Å². The Labute approximate surface area is 123 Å². The molecule has 1 atom stereocenters. The molecule has 2 rings (SSSR count). The van der Waals surface area contributed by atoms with Gasteiger partial charge in [0.05, 0.1) is 6.42 Å². The SMILES string of the molecule is CCN(C(=O)c1scc(C)c1Br)[C@@H]1CC(=O)NC1=O. The Morgan fingerprint density at radius 3 is 2.68 bits per heavy atom. The maximum atomic E-state index is 12.5. The molecule has 1 N–H and O–H groups in total. The van der Waals surface area contributed by atoms with E-state index in [1.54, 1.807) is 6.92 Å². The van der Waals surface area contributed by atoms with Crippen LogP contribution in [-0.4, -0.2) is 35.2 Å². The minimum Gasteiger partial charge on any atom is -0.326 e. The van der Waals surface area contributed by atoms with Gasteiger partial charge < -0.3 is 4.90 Å². The number of hydrogen-bond acceptors (Lipinski definition) is 4. The predicted octanol–water partition coefficient (Wildman–Crippen LogP) is 1.70. The van der Waals surface area contributed by atoms with Gasteiger partial charge in [0, 0.05) is 11.0 Å². The average Bonchev–Trinajstić information content (AvgIpc) is 2.85. The van der Waals surface area contributed by atoms with Gasteiger partial charge in [0.15, 0.2) is 0 Å². The molecule has 5 nitrogen and oxygen atoms in total. The molecule has 0 radical (unpaired) electrons. The fourth-order valence-corrected chi connectivity index (χ4v) is 3.61. The van der Waals surface area contributed by atoms with E-state index in [1.807, 2.05) is 12.3 Å². The molecule has 1 saturated heterocycles. The van der Waals surface area contributed by atoms with E-state index < -0.39 is 11.9 Å². The van der Waals surface area contributed by atoms with Crippen molar-refractivity contribution in [2.24, 2.45) is 0 Å². The highest BCUT2D eigenvalue weighted by molar-refractivity contribution is 9.10. The highest BCUT2D eigenvalue weighted by Crippen LogP contribution is 2.29. The quantitative estimate of drug-likeness (QED) is 0.848. The van der Waals surface area contributed by atoms with Crippen molar-refractivity contribution in [2.45, 2.75) is 26.3 Å². The molecule has 1 fully saturated rings. The lowest BCUT2D eigenvalue weighted by Gasteiger charge is -2.24. The molecule has 19 heavy (non-hydrogen) atoms. The second kappa shape index (κ2) is 5.42. The van der Waals surface area contributed by atoms with Gasteiger partial charge in [-0.15, -0.1) is 11.3 Å². The topological polar surface area (TPSA) is 66.5 Å². The van der Waals surface area contributed by atoms with Crippen molar-refractivity contribution in [2.75, 3.05) is 6.54 Å². The summed E-state index contributed by atoms with van der Waals surface area (Å²) in [5.74, 6) is -0.949. The van der Waals surface area contributed by atoms with Crippen molar-refractivity contribution in [3.63, 3.8) is 0 Å². The number of nitrogens with zero attached hydrogens (tertiary/aromatic N) is 1. The number of imide groups is 1. The molecule has 1 aliphatic rings. The third-order valence-electron chi connectivity index (χ3n) is 3.02. The van der Waals surface area contributed by atoms with Crippen LogP contribution in [0.4, 0.5) is 0 Å². The Hall–Kier alpha value is -1.21. The zero-order valence-corrected chi connectivity index (χ0v) is 12.9. The number of hydrogen-bond donors (Lipinski definition) is 1. The molecular weight excluding hydrogens is 332 g/mol. The zero-order valence-electron chi connectivity index (χ0n) is 10.5. The Morgan fingerprint density at radius 1 is 1.58 bits per heavy atom. The van der Waals surface area contributed by atoms with Gasteiger partial charge in [-0.3, -0.25) is 19.7 Å². The summed E-state index contributed by atoms with van der Waals surface area (Å²) in [7, 11) is 0. The first-order valence-corrected chi connectivity index (χ1v) is 7.51. The average molecular weight is 345 g/mol. The molecule has 0 spiro atoms. The molecule has 0 saturated carbocycles. The summed E-state index contributed by atoms with van der Waals surface area (Å²) in [4.78, 5) is 37.4. The summed E-state index contributed by atoms with van der Waals surface area (Å²) in [6.07, 6.45) is 0.0421. The number of likely N-dealkylation sites (N-methyl/N-ethyl adjacent to an activating group) is 1. The van der Waals surface area contributed by atoms with E-state index in [-0.39, 0.29) is 18.2 Å². The van der Waals surface area contributed by atoms with Gasteiger partial charge in [0.2, 0.25) is 11.8 Å². The van der Waals surface area contributed by atoms with Crippen LogP contribution in [0, 0.1) is 6.92 Å². The van der Waals surface area contributed by atoms with Crippen LogP contribution in [0.15, 0.2) is 9.85 Å². The summed E-state index contributed by atoms with van der Waals surface area (Å²) < 4.78 is 0.755. The van der Waals surface area contributed by atoms with Gasteiger partial charge >= 0.3 is 0 Å². The number of nitrogens with one attached hydrogen (secondary N) is 1. The van der Waals surface area contributed by atoms with E-state index in [0.29, 0.717) is 11.4 Å². The molecule has 0 unspecified atom stereocenters. The van der Waals surface area contributed by atoms with E-state index >= 15 is 0 Å². The smallest absolute Gasteiger partial charge is 0.265 e. The Balaban J connectivity index is 2.27. The fraction of sp³-hybridized carbons (Fsp3) is 0.417. The van der Waals surface area contributed by atoms with Crippen LogP contribution in [-0.2, 0) is 9.59 Å². The first kappa shape index (κ1) is 14.2. The van der Waals surface area contributed by atoms with Crippen LogP contribution >= 0.6 is 27.3 Å². The third kappa shape index (κ3) is 2.57. The minimum atomic E-state index is -0.695. The first-order valence-electron chi connectivity index (χ1n) is 5.84. The molecule has 1 aromatic heterocycles. The summed E-state index contributed by atoms with van der Waals surface area (Å²) in [5.41, 5.74) is 0.983. The maximum absolute atomic E-state index is 12.5. The molecule has 102 valence electrons. The third-order valence-corrected chi connectivity index (χ3v) is 5.39. The lowest BCUT2D eigenvalue weighted by Crippen LogP contribution is -2.44. The van der Waals surface area contributed by atoms with Gasteiger partial charge in [0.1, 0.15) is 10.9 Å². The number of thiophene rings is 1. The van der Waals surface area contributed by atoms with Crippen LogP contribution in [0.3, 0.4) is 0 Å². The molecule has 3 amide bonds. The van der Waals surface area contributed by atoms with E-state index in [2.05, 4.69) is 21.2 Å². The molecule has 2 heterocycles. The number of carbonyl (C=O) groups is 3. The van der Waals surface area contributed by atoms with E-state index in [4.69, 9.17) is 0 Å². The Bertz CT molecular complexity index is 555. The summed E-state index contributed by atoms with van der Waals surface area (Å²) >= 11 is 4.71. The van der Waals surface area contributed by atoms with Crippen molar-refractivity contribution in [1.82, 2.24) is 10.2 Å². The summed E-state index contributed by atoms with van der Waals surface area (Å²) in [5, 5.41) is 4.11. The molecule has 0 bridgehead atoms. The summed E-state index contributed by atoms with van der Waals surface area (Å²) in [6, 6.07) is -0.695. The maximum Gasteiger partial charge on any atom is 0.265 e. The molecule has 1 aromatic rings. The number of amides is 3. The van der Waals surface area contributed by atoms with Crippen LogP contribution in [0.25, 0.3) is 0 Å². The van der Waals surface area contributed by atoms with Crippen molar-refractivity contribution < 1.29 is 14.4 Å². The van der Waals surface area contributed by atoms with Crippen molar-refractivity contribution in [1.29, 1.82) is 0 Å². The summed E-state index contributed by atoms with van der Waals surface area (Å²) in [6.45, 7) is 4.08. The van der Waals surface area contributed by atoms with Gasteiger partial charge in [-0.25, -0.2) is 0 Å². The molecule has 0 aromatic carbocycles. The van der Waals surface area contributed by atoms with E-state index in [0.717, 1.165) is 10.0 Å². The van der Waals surface area contributed by atoms with Crippen LogP contribution in [0.1, 0.15) is 28.6 Å². The van der Waals surface area contributed by atoms with Crippen LogP contribution < -0.4 is 5.32 Å². The number of halogens is 1. The lowest BCUT2D eigenvalue weighted by atomic mass is 10.2. The van der Waals surface area contributed by atoms with Crippen molar-refractivity contribution >= 4 is 45.0 Å². The molecule has 7 heteroatoms. The molecule has 0 aliphatic carbocycles. The van der Waals surface area contributed by atoms with Gasteiger partial charge in [-0.2, -0.15) is 0 Å². The minimum absolute atomic E-state index is 0.0421. The second-order valence-corrected chi connectivity index (χ2v) is 5.96. The zero-order chi connectivity index (χ0) is 14.2. The number of carbonyl (C=O) groups excluding carboxylic acids is 3. The second-order valence-electron chi connectivity index (χ2n) is 4.29. The molecular formula is C12H13BrN2O3S. The Kier molecular flexibility index (Phi) is 4.05.